The molecule has 0 amide bonds. The predicted octanol–water partition coefficient (Wildman–Crippen LogP) is 7.45. The fraction of sp³-hybridized carbons (Fsp3) is 0.862. The van der Waals surface area contributed by atoms with Crippen molar-refractivity contribution in [2.24, 2.45) is 34.0 Å². The van der Waals surface area contributed by atoms with E-state index in [1.165, 1.54) is 51.4 Å². The minimum atomic E-state index is -0.561. The fourth-order valence-corrected chi connectivity index (χ4v) is 7.46. The summed E-state index contributed by atoms with van der Waals surface area (Å²) in [5.74, 6) is 2.43. The molecule has 2 heteroatoms. The fourth-order valence-electron chi connectivity index (χ4n) is 7.46. The van der Waals surface area contributed by atoms with Crippen molar-refractivity contribution in [2.75, 3.05) is 0 Å². The molecular weight excluding hydrogens is 380 g/mol. The summed E-state index contributed by atoms with van der Waals surface area (Å²) in [5, 5.41) is 20.7. The summed E-state index contributed by atoms with van der Waals surface area (Å²) in [6.45, 7) is 18.3. The van der Waals surface area contributed by atoms with Crippen molar-refractivity contribution >= 4 is 0 Å². The van der Waals surface area contributed by atoms with E-state index in [9.17, 15) is 10.2 Å². The third-order valence-electron chi connectivity index (χ3n) is 9.40. The maximum absolute atomic E-state index is 10.3. The van der Waals surface area contributed by atoms with E-state index in [-0.39, 0.29) is 5.41 Å². The van der Waals surface area contributed by atoms with Gasteiger partial charge in [0.1, 0.15) is 0 Å². The Labute approximate surface area is 192 Å². The molecule has 0 bridgehead atoms. The average Bonchev–Trinajstić information content (AvgIpc) is 3.01. The summed E-state index contributed by atoms with van der Waals surface area (Å²) in [5.41, 5.74) is 3.18. The van der Waals surface area contributed by atoms with Crippen molar-refractivity contribution in [3.63, 3.8) is 0 Å². The van der Waals surface area contributed by atoms with E-state index in [1.807, 2.05) is 0 Å². The standard InChI is InChI=1S/C29H50O2/c1-20(10-8-15-27(3,4)5)23-12-13-24-22(11-9-16-29(23,24)7)14-17-28(6)18-25(30)21(2)26(31)19-28/h14,20,23-26,30-31H,2,8-13,15-19H2,1,3-7H3/b22-14+/t20-,23+,24-,25+,26+,29+/m0/s1. The van der Waals surface area contributed by atoms with Crippen LogP contribution >= 0.6 is 0 Å². The third-order valence-corrected chi connectivity index (χ3v) is 9.40. The molecule has 3 fully saturated rings. The van der Waals surface area contributed by atoms with E-state index in [1.54, 1.807) is 5.57 Å². The van der Waals surface area contributed by atoms with Crippen LogP contribution in [-0.4, -0.2) is 22.4 Å². The Balaban J connectivity index is 1.65. The second kappa shape index (κ2) is 9.34. The van der Waals surface area contributed by atoms with Gasteiger partial charge in [-0.05, 0) is 97.4 Å². The van der Waals surface area contributed by atoms with Crippen LogP contribution in [0.5, 0.6) is 0 Å². The Hall–Kier alpha value is -0.600. The van der Waals surface area contributed by atoms with Crippen molar-refractivity contribution in [3.05, 3.63) is 23.8 Å². The van der Waals surface area contributed by atoms with Gasteiger partial charge in [0, 0.05) is 0 Å². The molecule has 6 atom stereocenters. The maximum Gasteiger partial charge on any atom is 0.0777 e. The van der Waals surface area contributed by atoms with E-state index in [0.29, 0.717) is 16.4 Å². The van der Waals surface area contributed by atoms with Crippen LogP contribution in [0.3, 0.4) is 0 Å². The van der Waals surface area contributed by atoms with Gasteiger partial charge in [0.05, 0.1) is 12.2 Å². The number of aliphatic hydroxyl groups excluding tert-OH is 2. The van der Waals surface area contributed by atoms with Crippen LogP contribution in [0.2, 0.25) is 0 Å². The lowest BCUT2D eigenvalue weighted by Crippen LogP contribution is -2.38. The van der Waals surface area contributed by atoms with Crippen LogP contribution in [0.25, 0.3) is 0 Å². The molecule has 0 aromatic rings. The summed E-state index contributed by atoms with van der Waals surface area (Å²) < 4.78 is 0. The lowest BCUT2D eigenvalue weighted by atomic mass is 9.60. The summed E-state index contributed by atoms with van der Waals surface area (Å²) >= 11 is 0. The number of aliphatic hydroxyl groups is 2. The Bertz CT molecular complexity index is 655. The lowest BCUT2D eigenvalue weighted by Gasteiger charge is -2.45. The van der Waals surface area contributed by atoms with Gasteiger partial charge in [-0.2, -0.15) is 0 Å². The van der Waals surface area contributed by atoms with Gasteiger partial charge >= 0.3 is 0 Å². The highest BCUT2D eigenvalue weighted by Gasteiger charge is 2.50. The first-order chi connectivity index (χ1) is 14.3. The molecule has 0 aromatic carbocycles. The monoisotopic (exact) mass is 430 g/mol. The van der Waals surface area contributed by atoms with Gasteiger partial charge in [0.15, 0.2) is 0 Å². The first-order valence-electron chi connectivity index (χ1n) is 13.1. The van der Waals surface area contributed by atoms with Gasteiger partial charge in [-0.15, -0.1) is 0 Å². The van der Waals surface area contributed by atoms with Gasteiger partial charge in [-0.25, -0.2) is 0 Å². The van der Waals surface area contributed by atoms with Crippen molar-refractivity contribution in [1.82, 2.24) is 0 Å². The van der Waals surface area contributed by atoms with Crippen molar-refractivity contribution in [2.45, 2.75) is 124 Å². The second-order valence-corrected chi connectivity index (χ2v) is 13.3. The average molecular weight is 431 g/mol. The number of rotatable bonds is 6. The van der Waals surface area contributed by atoms with Gasteiger partial charge in [0.2, 0.25) is 0 Å². The molecular formula is C29H50O2. The molecule has 0 unspecified atom stereocenters. The minimum absolute atomic E-state index is 0.0286. The Morgan fingerprint density at radius 3 is 2.39 bits per heavy atom. The van der Waals surface area contributed by atoms with E-state index in [4.69, 9.17) is 0 Å². The molecule has 0 saturated heterocycles. The molecule has 3 aliphatic rings. The molecule has 178 valence electrons. The van der Waals surface area contributed by atoms with Gasteiger partial charge < -0.3 is 10.2 Å². The van der Waals surface area contributed by atoms with E-state index in [2.05, 4.69) is 54.2 Å². The zero-order valence-electron chi connectivity index (χ0n) is 21.3. The van der Waals surface area contributed by atoms with Crippen LogP contribution in [0.1, 0.15) is 112 Å². The van der Waals surface area contributed by atoms with E-state index >= 15 is 0 Å². The zero-order valence-corrected chi connectivity index (χ0v) is 21.3. The number of allylic oxidation sites excluding steroid dienone is 2. The minimum Gasteiger partial charge on any atom is -0.389 e. The SMILES string of the molecule is C=C1[C@H](O)CC(C)(C/C=C2\CCC[C@]3(C)[C@@H]([C@@H](C)CCCC(C)(C)C)CC[C@@H]23)C[C@H]1O. The maximum atomic E-state index is 10.3. The van der Waals surface area contributed by atoms with Gasteiger partial charge in [-0.3, -0.25) is 0 Å². The largest absolute Gasteiger partial charge is 0.389 e. The van der Waals surface area contributed by atoms with E-state index in [0.717, 1.165) is 37.0 Å². The molecule has 0 aliphatic heterocycles. The molecule has 0 heterocycles. The second-order valence-electron chi connectivity index (χ2n) is 13.3. The molecule has 2 N–H and O–H groups in total. The predicted molar refractivity (Wildman–Crippen MR) is 132 cm³/mol. The molecule has 2 nitrogen and oxygen atoms in total. The Kier molecular flexibility index (Phi) is 7.54. The molecule has 0 radical (unpaired) electrons. The highest BCUT2D eigenvalue weighted by Crippen LogP contribution is 2.60. The molecule has 3 rings (SSSR count). The first-order valence-corrected chi connectivity index (χ1v) is 13.1. The molecule has 0 aromatic heterocycles. The number of hydrogen-bond acceptors (Lipinski definition) is 2. The van der Waals surface area contributed by atoms with Gasteiger partial charge in [0.25, 0.3) is 0 Å². The van der Waals surface area contributed by atoms with Crippen molar-refractivity contribution in [3.8, 4) is 0 Å². The van der Waals surface area contributed by atoms with Crippen LogP contribution in [-0.2, 0) is 0 Å². The topological polar surface area (TPSA) is 40.5 Å². The van der Waals surface area contributed by atoms with Crippen LogP contribution in [0, 0.1) is 34.0 Å². The summed E-state index contributed by atoms with van der Waals surface area (Å²) in [7, 11) is 0. The van der Waals surface area contributed by atoms with Crippen molar-refractivity contribution in [1.29, 1.82) is 0 Å². The van der Waals surface area contributed by atoms with E-state index < -0.39 is 12.2 Å². The molecule has 31 heavy (non-hydrogen) atoms. The molecule has 3 saturated carbocycles. The normalized spacial score (nSPS) is 41.4. The van der Waals surface area contributed by atoms with Crippen LogP contribution < -0.4 is 0 Å². The highest BCUT2D eigenvalue weighted by atomic mass is 16.3. The first kappa shape index (κ1) is 25.0. The number of fused-ring (bicyclic) bond motifs is 1. The Morgan fingerprint density at radius 2 is 1.77 bits per heavy atom. The smallest absolute Gasteiger partial charge is 0.0777 e. The summed E-state index contributed by atoms with van der Waals surface area (Å²) in [6, 6.07) is 0. The summed E-state index contributed by atoms with van der Waals surface area (Å²) in [6.07, 6.45) is 14.6. The van der Waals surface area contributed by atoms with Crippen LogP contribution in [0.15, 0.2) is 23.8 Å². The lowest BCUT2D eigenvalue weighted by molar-refractivity contribution is 0.0287. The Morgan fingerprint density at radius 1 is 1.13 bits per heavy atom. The van der Waals surface area contributed by atoms with Crippen molar-refractivity contribution < 1.29 is 10.2 Å². The third kappa shape index (κ3) is 5.67. The molecule has 0 spiro atoms. The van der Waals surface area contributed by atoms with Crippen LogP contribution in [0.4, 0.5) is 0 Å². The summed E-state index contributed by atoms with van der Waals surface area (Å²) in [4.78, 5) is 0. The zero-order chi connectivity index (χ0) is 23.0. The quantitative estimate of drug-likeness (QED) is 0.430. The number of hydrogen-bond donors (Lipinski definition) is 2. The molecule has 3 aliphatic carbocycles. The highest BCUT2D eigenvalue weighted by molar-refractivity contribution is 5.21. The van der Waals surface area contributed by atoms with Gasteiger partial charge in [-0.1, -0.05) is 72.6 Å².